The third kappa shape index (κ3) is 13.5. The maximum atomic E-state index is 12.6. The van der Waals surface area contributed by atoms with Gasteiger partial charge in [-0.15, -0.1) is 0 Å². The first-order valence-electron chi connectivity index (χ1n) is 9.54. The highest BCUT2D eigenvalue weighted by Gasteiger charge is 2.13. The van der Waals surface area contributed by atoms with E-state index in [1.807, 2.05) is 13.0 Å². The number of aryl methyl sites for hydroxylation is 4. The molecule has 0 nitrogen and oxygen atoms in total. The average molecular weight is 391 g/mol. The summed E-state index contributed by atoms with van der Waals surface area (Å²) in [7, 11) is 0. The summed E-state index contributed by atoms with van der Waals surface area (Å²) in [4.78, 5) is 0. The Kier molecular flexibility index (Phi) is 18.1. The molecule has 0 spiro atoms. The maximum absolute atomic E-state index is 12.6. The van der Waals surface area contributed by atoms with Gasteiger partial charge in [-0.1, -0.05) is 109 Å². The van der Waals surface area contributed by atoms with Crippen LogP contribution in [0, 0.1) is 45.3 Å². The highest BCUT2D eigenvalue weighted by molar-refractivity contribution is 5.21. The smallest absolute Gasteiger partial charge is 0.126 e. The monoisotopic (exact) mass is 390 g/mol. The molecule has 1 heteroatoms. The van der Waals surface area contributed by atoms with Crippen molar-refractivity contribution in [2.24, 2.45) is 11.8 Å². The molecular formula is C27H47F. The first kappa shape index (κ1) is 31.1. The Morgan fingerprint density at radius 1 is 0.607 bits per heavy atom. The second-order valence-corrected chi connectivity index (χ2v) is 7.77. The van der Waals surface area contributed by atoms with Crippen LogP contribution in [0.3, 0.4) is 0 Å². The van der Waals surface area contributed by atoms with Gasteiger partial charge in [-0.2, -0.15) is 0 Å². The molecule has 0 saturated heterocycles. The number of halogens is 1. The first-order valence-corrected chi connectivity index (χ1v) is 9.54. The molecule has 0 unspecified atom stereocenters. The molecular weight excluding hydrogens is 343 g/mol. The van der Waals surface area contributed by atoms with Gasteiger partial charge in [0.15, 0.2) is 0 Å². The van der Waals surface area contributed by atoms with Gasteiger partial charge in [0.2, 0.25) is 0 Å². The van der Waals surface area contributed by atoms with E-state index in [2.05, 4.69) is 52.0 Å². The van der Waals surface area contributed by atoms with Crippen molar-refractivity contribution in [3.8, 4) is 0 Å². The third-order valence-electron chi connectivity index (χ3n) is 4.85. The summed E-state index contributed by atoms with van der Waals surface area (Å²) >= 11 is 0. The van der Waals surface area contributed by atoms with E-state index in [1.165, 1.54) is 42.9 Å². The minimum absolute atomic E-state index is 0. The summed E-state index contributed by atoms with van der Waals surface area (Å²) in [5.74, 6) is 1.92. The zero-order chi connectivity index (χ0) is 18.8. The van der Waals surface area contributed by atoms with Gasteiger partial charge in [0.05, 0.1) is 0 Å². The fourth-order valence-electron chi connectivity index (χ4n) is 2.76. The zero-order valence-electron chi connectivity index (χ0n) is 16.9. The molecule has 1 saturated carbocycles. The lowest BCUT2D eigenvalue weighted by molar-refractivity contribution is 0.308. The van der Waals surface area contributed by atoms with Gasteiger partial charge in [-0.3, -0.25) is 0 Å². The van der Waals surface area contributed by atoms with Crippen LogP contribution in [0.2, 0.25) is 0 Å². The fourth-order valence-corrected chi connectivity index (χ4v) is 2.76. The predicted molar refractivity (Wildman–Crippen MR) is 129 cm³/mol. The Morgan fingerprint density at radius 3 is 1.21 bits per heavy atom. The summed E-state index contributed by atoms with van der Waals surface area (Å²) in [6.45, 7) is 12.6. The number of rotatable bonds is 0. The minimum atomic E-state index is -0.116. The van der Waals surface area contributed by atoms with Crippen LogP contribution < -0.4 is 0 Å². The molecule has 0 N–H and O–H groups in total. The Bertz CT molecular complexity index is 574. The first-order chi connectivity index (χ1) is 11.8. The number of benzene rings is 2. The van der Waals surface area contributed by atoms with Gasteiger partial charge in [-0.25, -0.2) is 4.39 Å². The van der Waals surface area contributed by atoms with E-state index < -0.39 is 0 Å². The predicted octanol–water partition coefficient (Wildman–Crippen LogP) is 9.49. The minimum Gasteiger partial charge on any atom is -0.207 e. The molecule has 3 rings (SSSR count). The highest BCUT2D eigenvalue weighted by atomic mass is 19.1. The molecule has 162 valence electrons. The molecule has 0 aliphatic heterocycles. The van der Waals surface area contributed by atoms with E-state index in [1.54, 1.807) is 13.0 Å². The molecule has 0 heterocycles. The standard InChI is InChI=1S/C8H9F.C8H16.C8H10.3CH4/c1-6-3-4-7(2)8(9)5-6;2*1-7-3-5-8(2)6-4-7;;;/h3-5H,1-2H3;7-8H,3-6H2,1-2H3;3-6H,1-2H3;3*1H4. The van der Waals surface area contributed by atoms with Crippen molar-refractivity contribution in [3.63, 3.8) is 0 Å². The van der Waals surface area contributed by atoms with Crippen molar-refractivity contribution < 1.29 is 4.39 Å². The van der Waals surface area contributed by atoms with Gasteiger partial charge >= 0.3 is 0 Å². The Balaban J connectivity index is -0.000000318. The average Bonchev–Trinajstić information content (AvgIpc) is 2.58. The fraction of sp³-hybridized carbons (Fsp3) is 0.556. The van der Waals surface area contributed by atoms with E-state index in [4.69, 9.17) is 0 Å². The Hall–Kier alpha value is -1.63. The van der Waals surface area contributed by atoms with Gasteiger partial charge in [-0.05, 0) is 56.7 Å². The van der Waals surface area contributed by atoms with Crippen molar-refractivity contribution in [2.45, 2.75) is 89.5 Å². The van der Waals surface area contributed by atoms with Crippen molar-refractivity contribution in [1.82, 2.24) is 0 Å². The van der Waals surface area contributed by atoms with E-state index in [0.717, 1.165) is 17.4 Å². The van der Waals surface area contributed by atoms with Crippen molar-refractivity contribution in [2.75, 3.05) is 0 Å². The van der Waals surface area contributed by atoms with Gasteiger partial charge < -0.3 is 0 Å². The van der Waals surface area contributed by atoms with Crippen LogP contribution in [0.5, 0.6) is 0 Å². The summed E-state index contributed by atoms with van der Waals surface area (Å²) in [5, 5.41) is 0. The largest absolute Gasteiger partial charge is 0.207 e. The summed E-state index contributed by atoms with van der Waals surface area (Å²) in [6, 6.07) is 13.7. The molecule has 0 atom stereocenters. The molecule has 2 aromatic carbocycles. The van der Waals surface area contributed by atoms with Crippen LogP contribution in [0.15, 0.2) is 42.5 Å². The Morgan fingerprint density at radius 2 is 0.929 bits per heavy atom. The molecule has 0 radical (unpaired) electrons. The number of hydrogen-bond donors (Lipinski definition) is 0. The maximum Gasteiger partial charge on any atom is 0.126 e. The lowest BCUT2D eigenvalue weighted by Gasteiger charge is -2.22. The normalized spacial score (nSPS) is 17.1. The van der Waals surface area contributed by atoms with Crippen LogP contribution in [0.25, 0.3) is 0 Å². The highest BCUT2D eigenvalue weighted by Crippen LogP contribution is 2.27. The third-order valence-corrected chi connectivity index (χ3v) is 4.85. The molecule has 28 heavy (non-hydrogen) atoms. The molecule has 1 aliphatic rings. The molecule has 0 amide bonds. The van der Waals surface area contributed by atoms with E-state index in [9.17, 15) is 4.39 Å². The van der Waals surface area contributed by atoms with Crippen LogP contribution >= 0.6 is 0 Å². The summed E-state index contributed by atoms with van der Waals surface area (Å²) in [5.41, 5.74) is 4.34. The Labute approximate surface area is 176 Å². The second-order valence-electron chi connectivity index (χ2n) is 7.77. The molecule has 0 aromatic heterocycles. The topological polar surface area (TPSA) is 0 Å². The van der Waals surface area contributed by atoms with Crippen molar-refractivity contribution in [3.05, 3.63) is 70.5 Å². The van der Waals surface area contributed by atoms with Crippen molar-refractivity contribution >= 4 is 0 Å². The van der Waals surface area contributed by atoms with Crippen LogP contribution in [0.4, 0.5) is 4.39 Å². The van der Waals surface area contributed by atoms with Crippen LogP contribution in [-0.4, -0.2) is 0 Å². The van der Waals surface area contributed by atoms with Crippen molar-refractivity contribution in [1.29, 1.82) is 0 Å². The molecule has 1 aliphatic carbocycles. The lowest BCUT2D eigenvalue weighted by atomic mass is 9.84. The van der Waals surface area contributed by atoms with Gasteiger partial charge in [0, 0.05) is 0 Å². The van der Waals surface area contributed by atoms with Crippen LogP contribution in [-0.2, 0) is 0 Å². The second kappa shape index (κ2) is 16.3. The van der Waals surface area contributed by atoms with E-state index >= 15 is 0 Å². The molecule has 2 aromatic rings. The van der Waals surface area contributed by atoms with Crippen LogP contribution in [0.1, 0.15) is 84.1 Å². The quantitative estimate of drug-likeness (QED) is 0.420. The SMILES string of the molecule is C.C.C.CC1CCC(C)CC1.Cc1ccc(C)c(F)c1.Cc1ccc(C)cc1. The zero-order valence-corrected chi connectivity index (χ0v) is 16.9. The molecule has 0 bridgehead atoms. The summed E-state index contributed by atoms with van der Waals surface area (Å²) in [6.07, 6.45) is 5.89. The summed E-state index contributed by atoms with van der Waals surface area (Å²) < 4.78 is 12.6. The van der Waals surface area contributed by atoms with E-state index in [-0.39, 0.29) is 28.1 Å². The van der Waals surface area contributed by atoms with Gasteiger partial charge in [0.1, 0.15) is 5.82 Å². The molecule has 1 fully saturated rings. The van der Waals surface area contributed by atoms with E-state index in [0.29, 0.717) is 5.56 Å². The van der Waals surface area contributed by atoms with Gasteiger partial charge in [0.25, 0.3) is 0 Å². The number of hydrogen-bond acceptors (Lipinski definition) is 0. The lowest BCUT2D eigenvalue weighted by Crippen LogP contribution is -2.08.